The van der Waals surface area contributed by atoms with Gasteiger partial charge in [0.2, 0.25) is 5.91 Å². The number of nitrogens with one attached hydrogen (secondary N) is 1. The Morgan fingerprint density at radius 1 is 1.21 bits per heavy atom. The SMILES string of the molecule is CCC(C)CC(=O)N1CCN(c2ccc(C(=O)NCCCN(C)C)cn2)CC1. The van der Waals surface area contributed by atoms with Crippen LogP contribution in [0.25, 0.3) is 0 Å². The van der Waals surface area contributed by atoms with Gasteiger partial charge < -0.3 is 20.0 Å². The molecule has 0 bridgehead atoms. The van der Waals surface area contributed by atoms with Crippen LogP contribution in [0.1, 0.15) is 43.5 Å². The highest BCUT2D eigenvalue weighted by Gasteiger charge is 2.22. The van der Waals surface area contributed by atoms with E-state index in [-0.39, 0.29) is 11.8 Å². The Kier molecular flexibility index (Phi) is 8.70. The lowest BCUT2D eigenvalue weighted by Crippen LogP contribution is -2.49. The van der Waals surface area contributed by atoms with Crippen molar-refractivity contribution >= 4 is 17.6 Å². The Bertz CT molecular complexity index is 624. The number of anilines is 1. The van der Waals surface area contributed by atoms with E-state index in [1.165, 1.54) is 0 Å². The van der Waals surface area contributed by atoms with Crippen molar-refractivity contribution < 1.29 is 9.59 Å². The molecule has 0 aliphatic carbocycles. The minimum atomic E-state index is -0.0849. The Balaban J connectivity index is 1.79. The van der Waals surface area contributed by atoms with E-state index in [1.54, 1.807) is 6.20 Å². The van der Waals surface area contributed by atoms with Gasteiger partial charge in [-0.15, -0.1) is 0 Å². The molecule has 0 radical (unpaired) electrons. The van der Waals surface area contributed by atoms with Crippen LogP contribution in [0.4, 0.5) is 5.82 Å². The van der Waals surface area contributed by atoms with E-state index in [0.717, 1.165) is 51.4 Å². The fourth-order valence-electron chi connectivity index (χ4n) is 3.16. The lowest BCUT2D eigenvalue weighted by Gasteiger charge is -2.35. The van der Waals surface area contributed by atoms with Crippen molar-refractivity contribution in [1.82, 2.24) is 20.1 Å². The van der Waals surface area contributed by atoms with Crippen LogP contribution in [0.3, 0.4) is 0 Å². The van der Waals surface area contributed by atoms with Gasteiger partial charge >= 0.3 is 0 Å². The van der Waals surface area contributed by atoms with Crippen molar-refractivity contribution in [3.8, 4) is 0 Å². The maximum absolute atomic E-state index is 12.3. The molecule has 1 unspecified atom stereocenters. The van der Waals surface area contributed by atoms with Gasteiger partial charge in [-0.25, -0.2) is 4.98 Å². The largest absolute Gasteiger partial charge is 0.353 e. The molecule has 28 heavy (non-hydrogen) atoms. The first kappa shape index (κ1) is 22.1. The first-order valence-electron chi connectivity index (χ1n) is 10.3. The number of carbonyl (C=O) groups excluding carboxylic acids is 2. The fraction of sp³-hybridized carbons (Fsp3) is 0.667. The minimum Gasteiger partial charge on any atom is -0.353 e. The third-order valence-corrected chi connectivity index (χ3v) is 5.25. The van der Waals surface area contributed by atoms with Crippen molar-refractivity contribution in [2.24, 2.45) is 5.92 Å². The van der Waals surface area contributed by atoms with Gasteiger partial charge in [-0.05, 0) is 45.1 Å². The zero-order chi connectivity index (χ0) is 20.5. The summed E-state index contributed by atoms with van der Waals surface area (Å²) in [5, 5.41) is 2.93. The quantitative estimate of drug-likeness (QED) is 0.653. The number of hydrogen-bond donors (Lipinski definition) is 1. The van der Waals surface area contributed by atoms with Gasteiger partial charge in [-0.2, -0.15) is 0 Å². The number of piperazine rings is 1. The van der Waals surface area contributed by atoms with Gasteiger partial charge in [0, 0.05) is 45.3 Å². The van der Waals surface area contributed by atoms with E-state index < -0.39 is 0 Å². The average Bonchev–Trinajstić information content (AvgIpc) is 2.71. The normalized spacial score (nSPS) is 15.6. The molecule has 2 heterocycles. The van der Waals surface area contributed by atoms with Gasteiger partial charge in [0.1, 0.15) is 5.82 Å². The first-order chi connectivity index (χ1) is 13.4. The van der Waals surface area contributed by atoms with E-state index in [0.29, 0.717) is 24.4 Å². The molecule has 1 aromatic heterocycles. The topological polar surface area (TPSA) is 68.8 Å². The fourth-order valence-corrected chi connectivity index (χ4v) is 3.16. The molecule has 0 aromatic carbocycles. The first-order valence-corrected chi connectivity index (χ1v) is 10.3. The minimum absolute atomic E-state index is 0.0849. The molecule has 1 fully saturated rings. The summed E-state index contributed by atoms with van der Waals surface area (Å²) in [5.41, 5.74) is 0.580. The smallest absolute Gasteiger partial charge is 0.252 e. The number of aromatic nitrogens is 1. The molecule has 7 nitrogen and oxygen atoms in total. The van der Waals surface area contributed by atoms with Gasteiger partial charge in [0.25, 0.3) is 5.91 Å². The lowest BCUT2D eigenvalue weighted by atomic mass is 10.0. The Labute approximate surface area is 169 Å². The second-order valence-corrected chi connectivity index (χ2v) is 7.90. The molecule has 1 N–H and O–H groups in total. The molecule has 1 aromatic rings. The summed E-state index contributed by atoms with van der Waals surface area (Å²) in [6.45, 7) is 8.85. The predicted molar refractivity (Wildman–Crippen MR) is 113 cm³/mol. The molecule has 1 aliphatic heterocycles. The molecule has 2 amide bonds. The highest BCUT2D eigenvalue weighted by molar-refractivity contribution is 5.94. The van der Waals surface area contributed by atoms with Gasteiger partial charge in [0.05, 0.1) is 5.56 Å². The summed E-state index contributed by atoms with van der Waals surface area (Å²) < 4.78 is 0. The number of carbonyl (C=O) groups is 2. The molecule has 1 aliphatic rings. The van der Waals surface area contributed by atoms with Crippen molar-refractivity contribution in [2.75, 3.05) is 58.3 Å². The summed E-state index contributed by atoms with van der Waals surface area (Å²) in [6, 6.07) is 3.72. The molecule has 0 saturated carbocycles. The number of pyridine rings is 1. The third kappa shape index (κ3) is 6.78. The van der Waals surface area contributed by atoms with Crippen LogP contribution in [0.5, 0.6) is 0 Å². The maximum Gasteiger partial charge on any atom is 0.252 e. The van der Waals surface area contributed by atoms with Crippen LogP contribution in [0, 0.1) is 5.92 Å². The predicted octanol–water partition coefficient (Wildman–Crippen LogP) is 1.85. The summed E-state index contributed by atoms with van der Waals surface area (Å²) in [5.74, 6) is 1.47. The lowest BCUT2D eigenvalue weighted by molar-refractivity contribution is -0.132. The monoisotopic (exact) mass is 389 g/mol. The molecule has 2 rings (SSSR count). The Morgan fingerprint density at radius 2 is 1.93 bits per heavy atom. The summed E-state index contributed by atoms with van der Waals surface area (Å²) in [7, 11) is 4.04. The van der Waals surface area contributed by atoms with E-state index in [2.05, 4.69) is 33.9 Å². The second kappa shape index (κ2) is 11.0. The standard InChI is InChI=1S/C21H35N5O2/c1-5-17(2)15-20(27)26-13-11-25(12-14-26)19-8-7-18(16-23-19)21(28)22-9-6-10-24(3)4/h7-8,16-17H,5-6,9-15H2,1-4H3,(H,22,28). The molecule has 1 saturated heterocycles. The zero-order valence-corrected chi connectivity index (χ0v) is 17.8. The number of hydrogen-bond acceptors (Lipinski definition) is 5. The maximum atomic E-state index is 12.3. The van der Waals surface area contributed by atoms with E-state index in [4.69, 9.17) is 0 Å². The van der Waals surface area contributed by atoms with Crippen molar-refractivity contribution in [1.29, 1.82) is 0 Å². The van der Waals surface area contributed by atoms with Crippen LogP contribution >= 0.6 is 0 Å². The van der Waals surface area contributed by atoms with Crippen molar-refractivity contribution in [3.63, 3.8) is 0 Å². The Hall–Kier alpha value is -2.15. The van der Waals surface area contributed by atoms with Crippen LogP contribution < -0.4 is 10.2 Å². The highest BCUT2D eigenvalue weighted by atomic mass is 16.2. The van der Waals surface area contributed by atoms with Gasteiger partial charge in [-0.1, -0.05) is 20.3 Å². The second-order valence-electron chi connectivity index (χ2n) is 7.90. The highest BCUT2D eigenvalue weighted by Crippen LogP contribution is 2.16. The number of nitrogens with zero attached hydrogens (tertiary/aromatic N) is 4. The average molecular weight is 390 g/mol. The zero-order valence-electron chi connectivity index (χ0n) is 17.8. The molecule has 1 atom stereocenters. The van der Waals surface area contributed by atoms with E-state index in [9.17, 15) is 9.59 Å². The molecule has 0 spiro atoms. The molecular weight excluding hydrogens is 354 g/mol. The Morgan fingerprint density at radius 3 is 2.50 bits per heavy atom. The number of rotatable bonds is 9. The van der Waals surface area contributed by atoms with Crippen LogP contribution in [-0.4, -0.2) is 80.0 Å². The van der Waals surface area contributed by atoms with Crippen molar-refractivity contribution in [3.05, 3.63) is 23.9 Å². The summed E-state index contributed by atoms with van der Waals surface area (Å²) in [6.07, 6.45) is 4.22. The van der Waals surface area contributed by atoms with E-state index in [1.807, 2.05) is 31.1 Å². The summed E-state index contributed by atoms with van der Waals surface area (Å²) >= 11 is 0. The van der Waals surface area contributed by atoms with Crippen LogP contribution in [-0.2, 0) is 4.79 Å². The van der Waals surface area contributed by atoms with Crippen LogP contribution in [0.15, 0.2) is 18.3 Å². The number of amides is 2. The van der Waals surface area contributed by atoms with Crippen molar-refractivity contribution in [2.45, 2.75) is 33.1 Å². The van der Waals surface area contributed by atoms with Gasteiger partial charge in [0.15, 0.2) is 0 Å². The molecule has 156 valence electrons. The van der Waals surface area contributed by atoms with E-state index >= 15 is 0 Å². The summed E-state index contributed by atoms with van der Waals surface area (Å²) in [4.78, 5) is 35.2. The third-order valence-electron chi connectivity index (χ3n) is 5.25. The van der Waals surface area contributed by atoms with Gasteiger partial charge in [-0.3, -0.25) is 9.59 Å². The molecule has 7 heteroatoms. The van der Waals surface area contributed by atoms with Crippen LogP contribution in [0.2, 0.25) is 0 Å². The molecular formula is C21H35N5O2.